The summed E-state index contributed by atoms with van der Waals surface area (Å²) < 4.78 is 2.38. The molecule has 0 atom stereocenters. The van der Waals surface area contributed by atoms with E-state index in [0.29, 0.717) is 0 Å². The first-order valence-electron chi connectivity index (χ1n) is 8.14. The summed E-state index contributed by atoms with van der Waals surface area (Å²) in [5.41, 5.74) is 4.28. The highest BCUT2D eigenvalue weighted by molar-refractivity contribution is 7.12. The van der Waals surface area contributed by atoms with Crippen molar-refractivity contribution >= 4 is 11.3 Å². The number of thiophene rings is 1. The van der Waals surface area contributed by atoms with Crippen LogP contribution in [0.25, 0.3) is 0 Å². The third-order valence-corrected chi connectivity index (χ3v) is 5.76. The number of nitrogens with one attached hydrogen (secondary N) is 1. The van der Waals surface area contributed by atoms with Gasteiger partial charge in [-0.25, -0.2) is 4.98 Å². The molecule has 2 aromatic rings. The van der Waals surface area contributed by atoms with Crippen molar-refractivity contribution < 1.29 is 0 Å². The van der Waals surface area contributed by atoms with Crippen molar-refractivity contribution in [2.24, 2.45) is 0 Å². The van der Waals surface area contributed by atoms with E-state index >= 15 is 0 Å². The van der Waals surface area contributed by atoms with Crippen LogP contribution in [-0.2, 0) is 25.9 Å². The third kappa shape index (κ3) is 2.92. The average Bonchev–Trinajstić information content (AvgIpc) is 3.15. The zero-order valence-corrected chi connectivity index (χ0v) is 13.5. The molecule has 0 aliphatic heterocycles. The zero-order valence-electron chi connectivity index (χ0n) is 12.7. The summed E-state index contributed by atoms with van der Waals surface area (Å²) in [4.78, 5) is 7.55. The number of rotatable bonds is 5. The van der Waals surface area contributed by atoms with E-state index in [2.05, 4.69) is 34.2 Å². The number of aromatic nitrogens is 2. The molecule has 21 heavy (non-hydrogen) atoms. The lowest BCUT2D eigenvalue weighted by molar-refractivity contribution is 0.628. The molecule has 1 fully saturated rings. The highest BCUT2D eigenvalue weighted by Crippen LogP contribution is 2.26. The maximum atomic E-state index is 4.61. The summed E-state index contributed by atoms with van der Waals surface area (Å²) in [6, 6.07) is 3.18. The first-order valence-corrected chi connectivity index (χ1v) is 8.95. The Kier molecular flexibility index (Phi) is 3.59. The summed E-state index contributed by atoms with van der Waals surface area (Å²) in [7, 11) is 0. The molecule has 0 spiro atoms. The van der Waals surface area contributed by atoms with Crippen LogP contribution in [0.3, 0.4) is 0 Å². The van der Waals surface area contributed by atoms with Crippen LogP contribution < -0.4 is 5.32 Å². The smallest absolute Gasteiger partial charge is 0.0954 e. The molecule has 2 heterocycles. The Morgan fingerprint density at radius 3 is 3.05 bits per heavy atom. The molecule has 3 nitrogen and oxygen atoms in total. The molecule has 4 rings (SSSR count). The minimum atomic E-state index is 0.788. The standard InChI is InChI=1S/C17H23N3S/c1-12-13(8-15(21-12)9-18-14-6-7-14)10-20-11-19-16-4-2-3-5-17(16)20/h8,11,14,18H,2-7,9-10H2,1H3. The van der Waals surface area contributed by atoms with Gasteiger partial charge in [-0.2, -0.15) is 0 Å². The SMILES string of the molecule is Cc1sc(CNC2CC2)cc1Cn1cnc2c1CCCC2. The first kappa shape index (κ1) is 13.5. The van der Waals surface area contributed by atoms with Crippen molar-refractivity contribution in [3.05, 3.63) is 39.1 Å². The summed E-state index contributed by atoms with van der Waals surface area (Å²) in [6.07, 6.45) is 9.76. The molecule has 4 heteroatoms. The van der Waals surface area contributed by atoms with Gasteiger partial charge in [0.1, 0.15) is 0 Å². The van der Waals surface area contributed by atoms with Crippen molar-refractivity contribution in [2.45, 2.75) is 64.6 Å². The summed E-state index contributed by atoms with van der Waals surface area (Å²) >= 11 is 1.95. The molecule has 0 bridgehead atoms. The summed E-state index contributed by atoms with van der Waals surface area (Å²) in [6.45, 7) is 4.29. The second-order valence-electron chi connectivity index (χ2n) is 6.42. The topological polar surface area (TPSA) is 29.9 Å². The lowest BCUT2D eigenvalue weighted by atomic mass is 10.0. The number of fused-ring (bicyclic) bond motifs is 1. The molecule has 112 valence electrons. The fourth-order valence-electron chi connectivity index (χ4n) is 3.21. The van der Waals surface area contributed by atoms with Gasteiger partial charge in [-0.15, -0.1) is 11.3 Å². The molecule has 0 radical (unpaired) electrons. The molecule has 2 aliphatic carbocycles. The van der Waals surface area contributed by atoms with Crippen molar-refractivity contribution in [1.29, 1.82) is 0 Å². The second-order valence-corrected chi connectivity index (χ2v) is 7.76. The van der Waals surface area contributed by atoms with Gasteiger partial charge >= 0.3 is 0 Å². The van der Waals surface area contributed by atoms with E-state index in [0.717, 1.165) is 19.1 Å². The van der Waals surface area contributed by atoms with E-state index in [1.165, 1.54) is 65.2 Å². The van der Waals surface area contributed by atoms with Crippen LogP contribution in [0, 0.1) is 6.92 Å². The van der Waals surface area contributed by atoms with Crippen molar-refractivity contribution in [3.63, 3.8) is 0 Å². The van der Waals surface area contributed by atoms with Crippen LogP contribution >= 0.6 is 11.3 Å². The molecule has 0 aromatic carbocycles. The molecule has 0 saturated heterocycles. The average molecular weight is 301 g/mol. The number of aryl methyl sites for hydroxylation is 2. The molecule has 0 unspecified atom stereocenters. The van der Waals surface area contributed by atoms with Crippen molar-refractivity contribution in [1.82, 2.24) is 14.9 Å². The maximum absolute atomic E-state index is 4.61. The largest absolute Gasteiger partial charge is 0.330 e. The minimum Gasteiger partial charge on any atom is -0.330 e. The van der Waals surface area contributed by atoms with Crippen LogP contribution in [0.4, 0.5) is 0 Å². The van der Waals surface area contributed by atoms with Crippen LogP contribution in [0.2, 0.25) is 0 Å². The predicted molar refractivity (Wildman–Crippen MR) is 86.9 cm³/mol. The van der Waals surface area contributed by atoms with Gasteiger partial charge in [-0.05, 0) is 57.1 Å². The Morgan fingerprint density at radius 2 is 2.19 bits per heavy atom. The lowest BCUT2D eigenvalue weighted by Gasteiger charge is -2.13. The number of imidazole rings is 1. The van der Waals surface area contributed by atoms with Gasteiger partial charge < -0.3 is 9.88 Å². The molecule has 2 aromatic heterocycles. The van der Waals surface area contributed by atoms with Crippen LogP contribution in [0.5, 0.6) is 0 Å². The van der Waals surface area contributed by atoms with E-state index in [9.17, 15) is 0 Å². The highest BCUT2D eigenvalue weighted by atomic mass is 32.1. The number of hydrogen-bond acceptors (Lipinski definition) is 3. The molecule has 1 saturated carbocycles. The Hall–Kier alpha value is -1.13. The van der Waals surface area contributed by atoms with Gasteiger partial charge in [0.25, 0.3) is 0 Å². The third-order valence-electron chi connectivity index (χ3n) is 4.66. The quantitative estimate of drug-likeness (QED) is 0.917. The van der Waals surface area contributed by atoms with Gasteiger partial charge in [0.2, 0.25) is 0 Å². The molecule has 1 N–H and O–H groups in total. The van der Waals surface area contributed by atoms with E-state index in [-0.39, 0.29) is 0 Å². The molecular formula is C17H23N3S. The highest BCUT2D eigenvalue weighted by Gasteiger charge is 2.21. The lowest BCUT2D eigenvalue weighted by Crippen LogP contribution is -2.14. The fraction of sp³-hybridized carbons (Fsp3) is 0.588. The van der Waals surface area contributed by atoms with Gasteiger partial charge in [0, 0.05) is 34.6 Å². The predicted octanol–water partition coefficient (Wildman–Crippen LogP) is 3.43. The summed E-state index contributed by atoms with van der Waals surface area (Å²) in [5, 5.41) is 3.61. The van der Waals surface area contributed by atoms with Crippen LogP contribution in [0.1, 0.15) is 52.4 Å². The van der Waals surface area contributed by atoms with E-state index in [1.54, 1.807) is 0 Å². The fourth-order valence-corrected chi connectivity index (χ4v) is 4.22. The normalized spacial score (nSPS) is 18.0. The van der Waals surface area contributed by atoms with Crippen LogP contribution in [-0.4, -0.2) is 15.6 Å². The second kappa shape index (κ2) is 5.58. The Morgan fingerprint density at radius 1 is 1.33 bits per heavy atom. The van der Waals surface area contributed by atoms with Crippen LogP contribution in [0.15, 0.2) is 12.4 Å². The Bertz CT molecular complexity index is 637. The van der Waals surface area contributed by atoms with E-state index in [4.69, 9.17) is 0 Å². The van der Waals surface area contributed by atoms with Crippen molar-refractivity contribution in [2.75, 3.05) is 0 Å². The van der Waals surface area contributed by atoms with Crippen molar-refractivity contribution in [3.8, 4) is 0 Å². The maximum Gasteiger partial charge on any atom is 0.0954 e. The molecular weight excluding hydrogens is 278 g/mol. The monoisotopic (exact) mass is 301 g/mol. The first-order chi connectivity index (χ1) is 10.3. The van der Waals surface area contributed by atoms with Gasteiger partial charge in [-0.1, -0.05) is 0 Å². The van der Waals surface area contributed by atoms with E-state index < -0.39 is 0 Å². The minimum absolute atomic E-state index is 0.788. The molecule has 2 aliphatic rings. The van der Waals surface area contributed by atoms with Gasteiger partial charge in [0.05, 0.1) is 12.0 Å². The zero-order chi connectivity index (χ0) is 14.2. The Labute approximate surface area is 130 Å². The number of hydrogen-bond donors (Lipinski definition) is 1. The Balaban J connectivity index is 1.49. The van der Waals surface area contributed by atoms with Gasteiger partial charge in [-0.3, -0.25) is 0 Å². The molecule has 0 amide bonds. The van der Waals surface area contributed by atoms with E-state index in [1.807, 2.05) is 11.3 Å². The van der Waals surface area contributed by atoms with Gasteiger partial charge in [0.15, 0.2) is 0 Å². The summed E-state index contributed by atoms with van der Waals surface area (Å²) in [5.74, 6) is 0. The number of nitrogens with zero attached hydrogens (tertiary/aromatic N) is 2.